The summed E-state index contributed by atoms with van der Waals surface area (Å²) < 4.78 is 41.4. The molecule has 1 aliphatic heterocycles. The summed E-state index contributed by atoms with van der Waals surface area (Å²) in [6.07, 6.45) is 0.547. The molecule has 33 heavy (non-hydrogen) atoms. The fraction of sp³-hybridized carbons (Fsp3) is 0.208. The number of anilines is 1. The van der Waals surface area contributed by atoms with Gasteiger partial charge in [0, 0.05) is 24.3 Å². The lowest BCUT2D eigenvalue weighted by Crippen LogP contribution is -2.45. The average molecular weight is 533 g/mol. The van der Waals surface area contributed by atoms with Crippen molar-refractivity contribution in [3.05, 3.63) is 94.2 Å². The minimum atomic E-state index is -3.85. The molecule has 0 radical (unpaired) electrons. The monoisotopic (exact) mass is 532 g/mol. The Balaban J connectivity index is 1.49. The molecule has 4 rings (SSSR count). The highest BCUT2D eigenvalue weighted by atomic mass is 79.9. The van der Waals surface area contributed by atoms with E-state index in [1.165, 1.54) is 46.8 Å². The van der Waals surface area contributed by atoms with E-state index < -0.39 is 27.3 Å². The molecule has 1 amide bonds. The molecule has 6 nitrogen and oxygen atoms in total. The highest BCUT2D eigenvalue weighted by Crippen LogP contribution is 2.34. The van der Waals surface area contributed by atoms with Gasteiger partial charge < -0.3 is 10.4 Å². The van der Waals surface area contributed by atoms with Crippen molar-refractivity contribution in [3.63, 3.8) is 0 Å². The first-order chi connectivity index (χ1) is 15.7. The first-order valence-electron chi connectivity index (χ1n) is 10.3. The van der Waals surface area contributed by atoms with Crippen molar-refractivity contribution in [2.24, 2.45) is 0 Å². The van der Waals surface area contributed by atoms with Crippen LogP contribution in [0.1, 0.15) is 28.8 Å². The zero-order valence-corrected chi connectivity index (χ0v) is 19.9. The van der Waals surface area contributed by atoms with Crippen molar-refractivity contribution >= 4 is 37.5 Å². The number of nitrogens with one attached hydrogen (secondary N) is 1. The van der Waals surface area contributed by atoms with Gasteiger partial charge in [0.15, 0.2) is 0 Å². The minimum absolute atomic E-state index is 0.000544. The Kier molecular flexibility index (Phi) is 6.67. The zero-order chi connectivity index (χ0) is 23.6. The summed E-state index contributed by atoms with van der Waals surface area (Å²) in [5.74, 6) is -0.968. The van der Waals surface area contributed by atoms with Crippen LogP contribution in [0, 0.1) is 5.82 Å². The fourth-order valence-electron chi connectivity index (χ4n) is 3.86. The average Bonchev–Trinajstić information content (AvgIpc) is 2.82. The van der Waals surface area contributed by atoms with E-state index in [0.717, 1.165) is 5.56 Å². The van der Waals surface area contributed by atoms with Gasteiger partial charge in [-0.1, -0.05) is 36.4 Å². The highest BCUT2D eigenvalue weighted by Gasteiger charge is 2.38. The number of hydrogen-bond acceptors (Lipinski definition) is 4. The van der Waals surface area contributed by atoms with Crippen LogP contribution in [0.2, 0.25) is 0 Å². The molecule has 1 aliphatic rings. The number of carbonyl (C=O) groups is 1. The largest absolute Gasteiger partial charge is 0.385 e. The van der Waals surface area contributed by atoms with Crippen LogP contribution < -0.4 is 5.32 Å². The molecule has 1 fully saturated rings. The van der Waals surface area contributed by atoms with Gasteiger partial charge in [-0.15, -0.1) is 0 Å². The van der Waals surface area contributed by atoms with Gasteiger partial charge in [-0.3, -0.25) is 4.79 Å². The molecule has 0 spiro atoms. The lowest BCUT2D eigenvalue weighted by atomic mass is 9.85. The SMILES string of the molecule is O=C(Nc1ccc(F)c(Br)c1)c1cccc(S(=O)(=O)N2CCC(O)(c3ccccc3)CC2)c1. The maximum Gasteiger partial charge on any atom is 0.255 e. The zero-order valence-electron chi connectivity index (χ0n) is 17.5. The number of sulfonamides is 1. The highest BCUT2D eigenvalue weighted by molar-refractivity contribution is 9.10. The van der Waals surface area contributed by atoms with Crippen molar-refractivity contribution in [1.29, 1.82) is 0 Å². The van der Waals surface area contributed by atoms with Gasteiger partial charge in [-0.05, 0) is 70.7 Å². The van der Waals surface area contributed by atoms with Gasteiger partial charge in [0.05, 0.1) is 15.0 Å². The van der Waals surface area contributed by atoms with E-state index in [4.69, 9.17) is 0 Å². The van der Waals surface area contributed by atoms with E-state index in [9.17, 15) is 22.7 Å². The molecule has 3 aromatic rings. The van der Waals surface area contributed by atoms with Crippen LogP contribution in [0.25, 0.3) is 0 Å². The molecule has 9 heteroatoms. The minimum Gasteiger partial charge on any atom is -0.385 e. The maximum atomic E-state index is 13.4. The Labute approximate surface area is 200 Å². The summed E-state index contributed by atoms with van der Waals surface area (Å²) in [5.41, 5.74) is 0.235. The Morgan fingerprint density at radius 2 is 1.70 bits per heavy atom. The van der Waals surface area contributed by atoms with Crippen LogP contribution in [0.3, 0.4) is 0 Å². The number of piperidine rings is 1. The first kappa shape index (κ1) is 23.6. The number of nitrogens with zero attached hydrogens (tertiary/aromatic N) is 1. The van der Waals surface area contributed by atoms with Gasteiger partial charge in [-0.25, -0.2) is 12.8 Å². The van der Waals surface area contributed by atoms with Gasteiger partial charge >= 0.3 is 0 Å². The van der Waals surface area contributed by atoms with Crippen molar-refractivity contribution in [2.45, 2.75) is 23.3 Å². The summed E-state index contributed by atoms with van der Waals surface area (Å²) in [4.78, 5) is 12.6. The molecule has 172 valence electrons. The molecule has 0 aliphatic carbocycles. The van der Waals surface area contributed by atoms with Crippen molar-refractivity contribution in [1.82, 2.24) is 4.31 Å². The number of carbonyl (C=O) groups excluding carboxylic acids is 1. The second kappa shape index (κ2) is 9.34. The Hall–Kier alpha value is -2.59. The van der Waals surface area contributed by atoms with Crippen molar-refractivity contribution in [3.8, 4) is 0 Å². The predicted octanol–water partition coefficient (Wildman–Crippen LogP) is 4.51. The first-order valence-corrected chi connectivity index (χ1v) is 12.6. The van der Waals surface area contributed by atoms with Crippen LogP contribution in [0.15, 0.2) is 82.2 Å². The van der Waals surface area contributed by atoms with Crippen LogP contribution in [-0.4, -0.2) is 36.8 Å². The molecule has 2 N–H and O–H groups in total. The van der Waals surface area contributed by atoms with Crippen LogP contribution >= 0.6 is 15.9 Å². The standard InChI is InChI=1S/C24H22BrFN2O4S/c25-21-16-19(9-10-22(21)26)27-23(29)17-5-4-8-20(15-17)33(31,32)28-13-11-24(30,12-14-28)18-6-2-1-3-7-18/h1-10,15-16,30H,11-14H2,(H,27,29). The molecule has 0 bridgehead atoms. The van der Waals surface area contributed by atoms with E-state index in [2.05, 4.69) is 21.2 Å². The maximum absolute atomic E-state index is 13.4. The van der Waals surface area contributed by atoms with Crippen LogP contribution in [0.4, 0.5) is 10.1 Å². The van der Waals surface area contributed by atoms with Crippen LogP contribution in [0.5, 0.6) is 0 Å². The van der Waals surface area contributed by atoms with E-state index in [1.807, 2.05) is 30.3 Å². The van der Waals surface area contributed by atoms with Crippen LogP contribution in [-0.2, 0) is 15.6 Å². The summed E-state index contributed by atoms with van der Waals surface area (Å²) in [7, 11) is -3.85. The normalized spacial score (nSPS) is 16.3. The number of amides is 1. The second-order valence-electron chi connectivity index (χ2n) is 7.91. The molecular formula is C24H22BrFN2O4S. The number of rotatable bonds is 5. The lowest BCUT2D eigenvalue weighted by Gasteiger charge is -2.37. The van der Waals surface area contributed by atoms with Crippen molar-refractivity contribution < 1.29 is 22.7 Å². The van der Waals surface area contributed by atoms with Gasteiger partial charge in [-0.2, -0.15) is 4.31 Å². The molecule has 3 aromatic carbocycles. The Morgan fingerprint density at radius 3 is 2.36 bits per heavy atom. The molecule has 0 unspecified atom stereocenters. The Bertz CT molecular complexity index is 1280. The van der Waals surface area contributed by atoms with E-state index in [0.29, 0.717) is 5.69 Å². The summed E-state index contributed by atoms with van der Waals surface area (Å²) in [6.45, 7) is 0.321. The smallest absolute Gasteiger partial charge is 0.255 e. The molecule has 0 aromatic heterocycles. The quantitative estimate of drug-likeness (QED) is 0.506. The Morgan fingerprint density at radius 1 is 1.00 bits per heavy atom. The third-order valence-corrected chi connectivity index (χ3v) is 8.27. The number of halogens is 2. The van der Waals surface area contributed by atoms with E-state index in [1.54, 1.807) is 0 Å². The molecule has 0 saturated carbocycles. The number of aliphatic hydroxyl groups is 1. The van der Waals surface area contributed by atoms with E-state index >= 15 is 0 Å². The van der Waals surface area contributed by atoms with Crippen molar-refractivity contribution in [2.75, 3.05) is 18.4 Å². The molecule has 1 saturated heterocycles. The number of hydrogen-bond donors (Lipinski definition) is 2. The van der Waals surface area contributed by atoms with Gasteiger partial charge in [0.2, 0.25) is 10.0 Å². The summed E-state index contributed by atoms with van der Waals surface area (Å²) >= 11 is 3.07. The fourth-order valence-corrected chi connectivity index (χ4v) is 5.72. The third kappa shape index (κ3) is 5.01. The summed E-state index contributed by atoms with van der Waals surface area (Å²) in [6, 6.07) is 19.1. The second-order valence-corrected chi connectivity index (χ2v) is 10.7. The van der Waals surface area contributed by atoms with Gasteiger partial charge in [0.1, 0.15) is 5.82 Å². The molecule has 0 atom stereocenters. The topological polar surface area (TPSA) is 86.7 Å². The molecule has 1 heterocycles. The van der Waals surface area contributed by atoms with E-state index in [-0.39, 0.29) is 40.9 Å². The van der Waals surface area contributed by atoms with Gasteiger partial charge in [0.25, 0.3) is 5.91 Å². The lowest BCUT2D eigenvalue weighted by molar-refractivity contribution is -0.00961. The molecular weight excluding hydrogens is 511 g/mol. The predicted molar refractivity (Wildman–Crippen MR) is 127 cm³/mol. The number of benzene rings is 3. The third-order valence-electron chi connectivity index (χ3n) is 5.77. The summed E-state index contributed by atoms with van der Waals surface area (Å²) in [5, 5.41) is 13.6.